The van der Waals surface area contributed by atoms with Crippen molar-refractivity contribution < 1.29 is 4.21 Å². The van der Waals surface area contributed by atoms with Gasteiger partial charge in [0.2, 0.25) is 0 Å². The fourth-order valence-electron chi connectivity index (χ4n) is 6.17. The summed E-state index contributed by atoms with van der Waals surface area (Å²) >= 11 is 6.69. The summed E-state index contributed by atoms with van der Waals surface area (Å²) < 4.78 is 13.9. The van der Waals surface area contributed by atoms with Crippen molar-refractivity contribution >= 4 is 40.0 Å². The molecule has 32 heavy (non-hydrogen) atoms. The van der Waals surface area contributed by atoms with Crippen molar-refractivity contribution in [2.75, 3.05) is 29.9 Å². The van der Waals surface area contributed by atoms with Gasteiger partial charge in [-0.25, -0.2) is 0 Å². The Labute approximate surface area is 196 Å². The molecule has 2 N–H and O–H groups in total. The largest absolute Gasteiger partial charge is 0.352 e. The molecule has 3 heterocycles. The lowest BCUT2D eigenvalue weighted by Gasteiger charge is -2.61. The first-order valence-electron chi connectivity index (χ1n) is 11.8. The summed E-state index contributed by atoms with van der Waals surface area (Å²) in [5, 5.41) is 16.8. The van der Waals surface area contributed by atoms with Crippen LogP contribution in [0.25, 0.3) is 0 Å². The maximum Gasteiger partial charge on any atom is 0.0770 e. The molecule has 8 heteroatoms. The fraction of sp³-hybridized carbons (Fsp3) is 0.583. The summed E-state index contributed by atoms with van der Waals surface area (Å²) in [5.74, 6) is 3.02. The van der Waals surface area contributed by atoms with Crippen molar-refractivity contribution in [1.29, 1.82) is 5.41 Å². The smallest absolute Gasteiger partial charge is 0.0770 e. The molecule has 170 valence electrons. The average molecular weight is 472 g/mol. The van der Waals surface area contributed by atoms with E-state index in [9.17, 15) is 4.21 Å². The number of likely N-dealkylation sites (tertiary alicyclic amines) is 1. The molecule has 0 radical (unpaired) electrons. The molecular formula is C24H30ClN5OS. The second kappa shape index (κ2) is 7.96. The number of aromatic nitrogens is 2. The Morgan fingerprint density at radius 1 is 1.22 bits per heavy atom. The van der Waals surface area contributed by atoms with Gasteiger partial charge in [-0.1, -0.05) is 11.6 Å². The summed E-state index contributed by atoms with van der Waals surface area (Å²) in [6, 6.07) is 4.55. The van der Waals surface area contributed by atoms with Gasteiger partial charge in [0.25, 0.3) is 0 Å². The van der Waals surface area contributed by atoms with E-state index in [0.717, 1.165) is 71.7 Å². The molecule has 0 amide bonds. The van der Waals surface area contributed by atoms with Crippen LogP contribution in [0.3, 0.4) is 0 Å². The number of benzene rings is 1. The molecule has 7 rings (SSSR count). The van der Waals surface area contributed by atoms with Crippen molar-refractivity contribution in [2.24, 2.45) is 5.92 Å². The molecule has 0 spiro atoms. The minimum atomic E-state index is -0.627. The van der Waals surface area contributed by atoms with Crippen molar-refractivity contribution in [3.05, 3.63) is 40.7 Å². The molecule has 2 atom stereocenters. The van der Waals surface area contributed by atoms with Crippen LogP contribution in [0.2, 0.25) is 5.02 Å². The van der Waals surface area contributed by atoms with E-state index in [1.165, 1.54) is 31.0 Å². The number of nitrogens with one attached hydrogen (secondary N) is 2. The highest BCUT2D eigenvalue weighted by molar-refractivity contribution is 7.85. The maximum absolute atomic E-state index is 11.8. The van der Waals surface area contributed by atoms with E-state index in [1.54, 1.807) is 0 Å². The van der Waals surface area contributed by atoms with Crippen molar-refractivity contribution in [3.8, 4) is 0 Å². The average Bonchev–Trinajstić information content (AvgIpc) is 3.36. The van der Waals surface area contributed by atoms with Crippen LogP contribution in [0, 0.1) is 11.3 Å². The standard InChI is InChI=1S/C24H30ClN5OS/c25-22-7-18(12-26)23(28-19-13-27-30(14-19)24-9-16(10-24)11-24)8-21(22)17-1-4-29(5-2-17)20-3-6-32(31)15-20/h7-8,12-14,16-17,20,26,28H,1-6,9-11,15H2. The number of hydrogen-bond acceptors (Lipinski definition) is 5. The van der Waals surface area contributed by atoms with E-state index >= 15 is 0 Å². The van der Waals surface area contributed by atoms with Crippen LogP contribution in [-0.4, -0.2) is 55.7 Å². The van der Waals surface area contributed by atoms with Gasteiger partial charge >= 0.3 is 0 Å². The van der Waals surface area contributed by atoms with Crippen LogP contribution in [0.5, 0.6) is 0 Å². The lowest BCUT2D eigenvalue weighted by atomic mass is 9.50. The first-order chi connectivity index (χ1) is 15.5. The number of anilines is 2. The van der Waals surface area contributed by atoms with Gasteiger partial charge in [0.15, 0.2) is 0 Å². The van der Waals surface area contributed by atoms with Crippen LogP contribution in [0.15, 0.2) is 24.5 Å². The number of piperidine rings is 1. The third kappa shape index (κ3) is 3.53. The van der Waals surface area contributed by atoms with Crippen LogP contribution < -0.4 is 5.32 Å². The minimum absolute atomic E-state index is 0.278. The highest BCUT2D eigenvalue weighted by Crippen LogP contribution is 2.62. The zero-order valence-corrected chi connectivity index (χ0v) is 19.8. The number of rotatable bonds is 6. The molecule has 6 nitrogen and oxygen atoms in total. The Morgan fingerprint density at radius 2 is 2.00 bits per heavy atom. The molecule has 5 aliphatic rings. The van der Waals surface area contributed by atoms with Crippen molar-refractivity contribution in [2.45, 2.75) is 56.0 Å². The number of hydrogen-bond donors (Lipinski definition) is 2. The Kier molecular flexibility index (Phi) is 5.19. The third-order valence-electron chi connectivity index (χ3n) is 8.22. The topological polar surface area (TPSA) is 74.0 Å². The minimum Gasteiger partial charge on any atom is -0.352 e. The highest BCUT2D eigenvalue weighted by Gasteiger charge is 2.58. The lowest BCUT2D eigenvalue weighted by molar-refractivity contribution is -0.0977. The zero-order valence-electron chi connectivity index (χ0n) is 18.2. The van der Waals surface area contributed by atoms with Crippen LogP contribution in [0.4, 0.5) is 11.4 Å². The van der Waals surface area contributed by atoms with E-state index in [-0.39, 0.29) is 5.54 Å². The van der Waals surface area contributed by atoms with Crippen molar-refractivity contribution in [3.63, 3.8) is 0 Å². The third-order valence-corrected chi connectivity index (χ3v) is 10.00. The quantitative estimate of drug-likeness (QED) is 0.609. The number of nitrogens with zero attached hydrogens (tertiary/aromatic N) is 3. The second-order valence-electron chi connectivity index (χ2n) is 10.2. The van der Waals surface area contributed by atoms with Gasteiger partial charge in [-0.15, -0.1) is 0 Å². The molecular weight excluding hydrogens is 442 g/mol. The Hall–Kier alpha value is -1.70. The molecule has 2 unspecified atom stereocenters. The summed E-state index contributed by atoms with van der Waals surface area (Å²) in [5.41, 5.74) is 4.13. The van der Waals surface area contributed by atoms with Gasteiger partial charge < -0.3 is 10.7 Å². The van der Waals surface area contributed by atoms with Gasteiger partial charge in [0, 0.05) is 57.0 Å². The Balaban J connectivity index is 1.18. The maximum atomic E-state index is 11.8. The van der Waals surface area contributed by atoms with Gasteiger partial charge in [-0.2, -0.15) is 5.10 Å². The second-order valence-corrected chi connectivity index (χ2v) is 12.2. The van der Waals surface area contributed by atoms with E-state index in [2.05, 4.69) is 32.3 Å². The van der Waals surface area contributed by atoms with Gasteiger partial charge in [0.05, 0.1) is 17.4 Å². The summed E-state index contributed by atoms with van der Waals surface area (Å²) in [6.45, 7) is 2.07. The molecule has 1 aromatic carbocycles. The molecule has 2 aliphatic heterocycles. The zero-order chi connectivity index (χ0) is 21.9. The van der Waals surface area contributed by atoms with E-state index in [4.69, 9.17) is 17.0 Å². The fourth-order valence-corrected chi connectivity index (χ4v) is 8.01. The molecule has 2 saturated heterocycles. The van der Waals surface area contributed by atoms with Crippen molar-refractivity contribution in [1.82, 2.24) is 14.7 Å². The summed E-state index contributed by atoms with van der Waals surface area (Å²) in [7, 11) is -0.627. The van der Waals surface area contributed by atoms with E-state index in [1.807, 2.05) is 12.3 Å². The monoisotopic (exact) mass is 471 g/mol. The highest BCUT2D eigenvalue weighted by atomic mass is 35.5. The normalized spacial score (nSPS) is 32.3. The molecule has 2 bridgehead atoms. The first kappa shape index (κ1) is 20.9. The van der Waals surface area contributed by atoms with E-state index < -0.39 is 10.8 Å². The lowest BCUT2D eigenvalue weighted by Crippen LogP contribution is -2.59. The molecule has 3 aliphatic carbocycles. The van der Waals surface area contributed by atoms with Gasteiger partial charge in [0.1, 0.15) is 0 Å². The first-order valence-corrected chi connectivity index (χ1v) is 13.6. The Morgan fingerprint density at radius 3 is 2.62 bits per heavy atom. The van der Waals surface area contributed by atoms with Gasteiger partial charge in [-0.3, -0.25) is 13.8 Å². The molecule has 3 saturated carbocycles. The molecule has 2 aromatic rings. The number of halogens is 1. The predicted molar refractivity (Wildman–Crippen MR) is 130 cm³/mol. The summed E-state index contributed by atoms with van der Waals surface area (Å²) in [6.07, 6.45) is 12.4. The molecule has 5 fully saturated rings. The molecule has 1 aromatic heterocycles. The van der Waals surface area contributed by atoms with Gasteiger partial charge in [-0.05, 0) is 81.1 Å². The van der Waals surface area contributed by atoms with Crippen LogP contribution >= 0.6 is 11.6 Å². The summed E-state index contributed by atoms with van der Waals surface area (Å²) in [4.78, 5) is 2.53. The Bertz CT molecular complexity index is 1060. The van der Waals surface area contributed by atoms with Crippen LogP contribution in [-0.2, 0) is 16.3 Å². The SMILES string of the molecule is N=Cc1cc(Cl)c(C2CCN(C3CCS(=O)C3)CC2)cc1Nc1cnn(C23CC(C2)C3)c1. The van der Waals surface area contributed by atoms with Crippen LogP contribution in [0.1, 0.15) is 55.6 Å². The predicted octanol–water partition coefficient (Wildman–Crippen LogP) is 4.49. The van der Waals surface area contributed by atoms with E-state index in [0.29, 0.717) is 12.0 Å².